The highest BCUT2D eigenvalue weighted by Gasteiger charge is 2.52. The van der Waals surface area contributed by atoms with E-state index in [2.05, 4.69) is 148 Å². The van der Waals surface area contributed by atoms with Crippen LogP contribution in [0.1, 0.15) is 39.7 Å². The van der Waals surface area contributed by atoms with E-state index in [1.807, 2.05) is 115 Å². The molecule has 8 aromatic carbocycles. The zero-order valence-electron chi connectivity index (χ0n) is 42.0. The number of esters is 1. The van der Waals surface area contributed by atoms with Crippen LogP contribution >= 0.6 is 30.6 Å². The summed E-state index contributed by atoms with van der Waals surface area (Å²) in [6, 6.07) is 82.2. The van der Waals surface area contributed by atoms with E-state index in [4.69, 9.17) is 18.9 Å². The third kappa shape index (κ3) is 10.8. The molecule has 14 heteroatoms. The normalized spacial score (nSPS) is 15.4. The SMILES string of the molecule is CO/N=C(\C(=O)N[C@@H]1CN2C(C(=O)OC(c3ccccc3)c3ccccc3)=C(C[P+](c3ccccc3)(c3ccccc3)c3ccccc3)CS[C@H]12)c1nsc(NC(c2ccccc2)(c2ccccc2)c2ccccc2)n1.[I-]. The third-order valence-corrected chi connectivity index (χ3v) is 20.5. The second-order valence-electron chi connectivity index (χ2n) is 18.5. The van der Waals surface area contributed by atoms with Gasteiger partial charge < -0.3 is 49.1 Å². The zero-order valence-corrected chi connectivity index (χ0v) is 46.7. The van der Waals surface area contributed by atoms with E-state index in [0.29, 0.717) is 29.3 Å². The molecule has 9 aromatic rings. The molecule has 1 aromatic heterocycles. The molecule has 2 N–H and O–H groups in total. The molecule has 1 saturated heterocycles. The number of hydrogen-bond acceptors (Lipinski definition) is 11. The van der Waals surface area contributed by atoms with Gasteiger partial charge in [-0.2, -0.15) is 9.36 Å². The molecule has 3 heterocycles. The van der Waals surface area contributed by atoms with Gasteiger partial charge in [0, 0.05) is 29.4 Å². The van der Waals surface area contributed by atoms with Crippen LogP contribution in [0.2, 0.25) is 0 Å². The summed E-state index contributed by atoms with van der Waals surface area (Å²) in [4.78, 5) is 42.4. The van der Waals surface area contributed by atoms with Crippen LogP contribution in [0.3, 0.4) is 0 Å². The largest absolute Gasteiger partial charge is 1.00 e. The van der Waals surface area contributed by atoms with Crippen molar-refractivity contribution in [2.75, 3.05) is 30.9 Å². The van der Waals surface area contributed by atoms with Gasteiger partial charge in [-0.1, -0.05) is 211 Å². The average Bonchev–Trinajstić information content (AvgIpc) is 3.96. The van der Waals surface area contributed by atoms with Gasteiger partial charge in [0.1, 0.15) is 41.5 Å². The predicted molar refractivity (Wildman–Crippen MR) is 309 cm³/mol. The summed E-state index contributed by atoms with van der Waals surface area (Å²) in [5.74, 6) is -0.265. The standard InChI is InChI=1S/C63H53N6O4PS2.HI/c1-72-67-55(58-65-62(76-68-58)66-63(48-30-14-4-15-31-48,49-32-16-5-17-33-49)50-34-18-6-19-35-50)59(70)64-54-42-69-56(61(71)73-57(45-26-10-2-11-27-45)46-28-12-3-13-29-46)47(44-75-60(54)69)43-74(51-36-20-7-21-37-51,52-38-22-8-23-39-52)53-40-24-9-25-41-53;/h2-41,54,57,60H,42-44H2,1H3,(H-,64,65,66,68,70);1H/b67-55-;/t54-,60-;/m1./s1. The van der Waals surface area contributed by atoms with E-state index in [1.165, 1.54) is 23.0 Å². The van der Waals surface area contributed by atoms with Crippen molar-refractivity contribution in [3.63, 3.8) is 0 Å². The molecule has 0 spiro atoms. The number of thioether (sulfide) groups is 1. The Morgan fingerprint density at radius 3 is 1.52 bits per heavy atom. The molecule has 0 saturated carbocycles. The molecule has 0 unspecified atom stereocenters. The summed E-state index contributed by atoms with van der Waals surface area (Å²) in [7, 11) is -1.05. The Hall–Kier alpha value is -7.42. The first-order valence-electron chi connectivity index (χ1n) is 25.1. The molecule has 2 aliphatic heterocycles. The lowest BCUT2D eigenvalue weighted by atomic mass is 9.77. The van der Waals surface area contributed by atoms with Crippen molar-refractivity contribution in [2.45, 2.75) is 23.1 Å². The van der Waals surface area contributed by atoms with Gasteiger partial charge in [-0.3, -0.25) is 4.79 Å². The van der Waals surface area contributed by atoms with Crippen molar-refractivity contribution >= 4 is 69.2 Å². The van der Waals surface area contributed by atoms with Crippen LogP contribution < -0.4 is 50.5 Å². The van der Waals surface area contributed by atoms with Gasteiger partial charge in [0.05, 0.1) is 17.6 Å². The van der Waals surface area contributed by atoms with Crippen molar-refractivity contribution in [3.8, 4) is 0 Å². The monoisotopic (exact) mass is 1180 g/mol. The molecule has 1 fully saturated rings. The van der Waals surface area contributed by atoms with Crippen LogP contribution in [0.25, 0.3) is 0 Å². The fraction of sp³-hybridized carbons (Fsp3) is 0.127. The summed E-state index contributed by atoms with van der Waals surface area (Å²) in [5.41, 5.74) is 5.30. The van der Waals surface area contributed by atoms with Crippen molar-refractivity contribution < 1.29 is 43.1 Å². The number of oxime groups is 1. The van der Waals surface area contributed by atoms with E-state index in [0.717, 1.165) is 44.9 Å². The Bertz CT molecular complexity index is 3230. The first kappa shape index (κ1) is 53.0. The summed E-state index contributed by atoms with van der Waals surface area (Å²) in [5, 5.41) is 15.1. The Kier molecular flexibility index (Phi) is 16.7. The van der Waals surface area contributed by atoms with Crippen LogP contribution in [0.5, 0.6) is 0 Å². The van der Waals surface area contributed by atoms with Gasteiger partial charge >= 0.3 is 5.97 Å². The Morgan fingerprint density at radius 1 is 0.649 bits per heavy atom. The molecule has 2 atom stereocenters. The highest BCUT2D eigenvalue weighted by atomic mass is 127. The summed E-state index contributed by atoms with van der Waals surface area (Å²) in [6.45, 7) is 0.345. The smallest absolute Gasteiger partial charge is 0.355 e. The van der Waals surface area contributed by atoms with Crippen LogP contribution in [0.15, 0.2) is 259 Å². The molecule has 77 heavy (non-hydrogen) atoms. The molecular weight excluding hydrogens is 1130 g/mol. The summed E-state index contributed by atoms with van der Waals surface area (Å²) < 4.78 is 11.5. The first-order chi connectivity index (χ1) is 37.5. The van der Waals surface area contributed by atoms with Gasteiger partial charge in [0.2, 0.25) is 16.7 Å². The van der Waals surface area contributed by atoms with Gasteiger partial charge in [-0.15, -0.1) is 11.8 Å². The minimum absolute atomic E-state index is 0. The number of hydrogen-bond donors (Lipinski definition) is 2. The number of amides is 1. The van der Waals surface area contributed by atoms with Crippen molar-refractivity contribution in [3.05, 3.63) is 288 Å². The van der Waals surface area contributed by atoms with Crippen LogP contribution in [-0.2, 0) is 24.7 Å². The van der Waals surface area contributed by atoms with Crippen molar-refractivity contribution in [1.82, 2.24) is 19.6 Å². The minimum atomic E-state index is -2.45. The molecule has 2 aliphatic rings. The highest BCUT2D eigenvalue weighted by Crippen LogP contribution is 2.58. The molecule has 1 amide bonds. The quantitative estimate of drug-likeness (QED) is 0.0222. The Balaban J connectivity index is 0.00000672. The van der Waals surface area contributed by atoms with Crippen LogP contribution in [0.4, 0.5) is 5.13 Å². The summed E-state index contributed by atoms with van der Waals surface area (Å²) in [6.07, 6.45) is -0.0675. The van der Waals surface area contributed by atoms with Gasteiger partial charge in [-0.25, -0.2) is 4.79 Å². The lowest BCUT2D eigenvalue weighted by Crippen LogP contribution is -3.00. The number of nitrogens with zero attached hydrogens (tertiary/aromatic N) is 4. The fourth-order valence-corrected chi connectivity index (χ4v) is 17.0. The molecule has 384 valence electrons. The predicted octanol–water partition coefficient (Wildman–Crippen LogP) is 7.75. The topological polar surface area (TPSA) is 118 Å². The van der Waals surface area contributed by atoms with E-state index in [1.54, 1.807) is 11.8 Å². The second kappa shape index (κ2) is 24.3. The number of anilines is 1. The fourth-order valence-electron chi connectivity index (χ4n) is 10.5. The lowest BCUT2D eigenvalue weighted by molar-refractivity contribution is -0.146. The van der Waals surface area contributed by atoms with Crippen molar-refractivity contribution in [2.24, 2.45) is 5.16 Å². The van der Waals surface area contributed by atoms with Crippen LogP contribution in [0, 0.1) is 0 Å². The van der Waals surface area contributed by atoms with E-state index < -0.39 is 30.8 Å². The van der Waals surface area contributed by atoms with E-state index in [9.17, 15) is 4.79 Å². The zero-order chi connectivity index (χ0) is 51.7. The third-order valence-electron chi connectivity index (χ3n) is 14.0. The molecule has 10 nitrogen and oxygen atoms in total. The molecule has 0 aliphatic carbocycles. The number of fused-ring (bicyclic) bond motifs is 1. The van der Waals surface area contributed by atoms with Gasteiger partial charge in [0.15, 0.2) is 6.10 Å². The number of benzene rings is 8. The number of carbonyl (C=O) groups excluding carboxylic acids is 2. The number of nitrogens with one attached hydrogen (secondary N) is 2. The maximum atomic E-state index is 15.5. The molecule has 11 rings (SSSR count). The highest BCUT2D eigenvalue weighted by molar-refractivity contribution is 8.00. The number of rotatable bonds is 18. The number of aromatic nitrogens is 2. The molecule has 0 radical (unpaired) electrons. The number of ether oxygens (including phenoxy) is 1. The molecule has 0 bridgehead atoms. The minimum Gasteiger partial charge on any atom is -1.00 e. The number of carbonyl (C=O) groups is 2. The summed E-state index contributed by atoms with van der Waals surface area (Å²) >= 11 is 2.85. The van der Waals surface area contributed by atoms with Crippen molar-refractivity contribution in [1.29, 1.82) is 0 Å². The number of halogens is 1. The lowest BCUT2D eigenvalue weighted by Gasteiger charge is -2.52. The maximum absolute atomic E-state index is 15.5. The van der Waals surface area contributed by atoms with Gasteiger partial charge in [0.25, 0.3) is 5.91 Å². The Morgan fingerprint density at radius 2 is 1.08 bits per heavy atom. The average molecular weight is 1180 g/mol. The van der Waals surface area contributed by atoms with Gasteiger partial charge in [-0.05, 0) is 64.2 Å². The second-order valence-corrected chi connectivity index (χ2v) is 23.8. The van der Waals surface area contributed by atoms with E-state index in [-0.39, 0.29) is 46.9 Å². The maximum Gasteiger partial charge on any atom is 0.355 e. The first-order valence-corrected chi connectivity index (χ1v) is 28.9. The Labute approximate surface area is 475 Å². The molecular formula is C63H54IN6O4PS2. The van der Waals surface area contributed by atoms with Crippen LogP contribution in [-0.4, -0.2) is 68.8 Å². The van der Waals surface area contributed by atoms with E-state index >= 15 is 4.79 Å².